The number of aromatic nitrogens is 2. The molecule has 3 aliphatic rings. The minimum absolute atomic E-state index is 0.138. The Hall–Kier alpha value is -3.16. The van der Waals surface area contributed by atoms with Crippen molar-refractivity contribution in [2.45, 2.75) is 76.7 Å². The van der Waals surface area contributed by atoms with Crippen LogP contribution < -0.4 is 10.6 Å². The smallest absolute Gasteiger partial charge is 0.410 e. The normalized spacial score (nSPS) is 20.6. The van der Waals surface area contributed by atoms with E-state index in [-0.39, 0.29) is 23.8 Å². The Morgan fingerprint density at radius 2 is 1.94 bits per heavy atom. The lowest BCUT2D eigenvalue weighted by Crippen LogP contribution is -2.48. The Morgan fingerprint density at radius 3 is 2.63 bits per heavy atom. The third-order valence-electron chi connectivity index (χ3n) is 7.64. The Bertz CT molecular complexity index is 1160. The molecule has 1 saturated heterocycles. The molecule has 1 atom stereocenters. The van der Waals surface area contributed by atoms with E-state index in [9.17, 15) is 9.59 Å². The minimum Gasteiger partial charge on any atom is -0.444 e. The number of anilines is 2. The predicted molar refractivity (Wildman–Crippen MR) is 134 cm³/mol. The molecular weight excluding hydrogens is 442 g/mol. The van der Waals surface area contributed by atoms with E-state index in [0.29, 0.717) is 19.0 Å². The fourth-order valence-electron chi connectivity index (χ4n) is 5.93. The van der Waals surface area contributed by atoms with E-state index < -0.39 is 5.60 Å². The summed E-state index contributed by atoms with van der Waals surface area (Å²) in [5.74, 6) is 1.08. The van der Waals surface area contributed by atoms with Gasteiger partial charge >= 0.3 is 6.09 Å². The zero-order valence-corrected chi connectivity index (χ0v) is 21.1. The molecule has 2 N–H and O–H groups in total. The molecule has 2 amide bonds. The lowest BCUT2D eigenvalue weighted by Gasteiger charge is -2.40. The van der Waals surface area contributed by atoms with Gasteiger partial charge in [-0.3, -0.25) is 4.79 Å². The summed E-state index contributed by atoms with van der Waals surface area (Å²) in [4.78, 5) is 37.9. The number of nitrogens with zero attached hydrogens (tertiary/aromatic N) is 4. The van der Waals surface area contributed by atoms with Crippen LogP contribution in [0.5, 0.6) is 0 Å². The van der Waals surface area contributed by atoms with Crippen molar-refractivity contribution in [3.05, 3.63) is 46.9 Å². The summed E-state index contributed by atoms with van der Waals surface area (Å²) in [7, 11) is 0. The molecule has 1 aromatic heterocycles. The van der Waals surface area contributed by atoms with Gasteiger partial charge in [0.2, 0.25) is 5.91 Å². The van der Waals surface area contributed by atoms with E-state index in [1.165, 1.54) is 11.1 Å². The zero-order valence-electron chi connectivity index (χ0n) is 21.1. The molecule has 186 valence electrons. The molecule has 2 aliphatic heterocycles. The number of benzene rings is 1. The van der Waals surface area contributed by atoms with Gasteiger partial charge in [0, 0.05) is 42.0 Å². The fourth-order valence-corrected chi connectivity index (χ4v) is 5.93. The molecule has 8 nitrogen and oxygen atoms in total. The number of carbonyl (C=O) groups is 2. The molecule has 1 spiro atoms. The molecule has 1 unspecified atom stereocenters. The molecule has 3 heterocycles. The third kappa shape index (κ3) is 4.34. The highest BCUT2D eigenvalue weighted by Gasteiger charge is 2.47. The first kappa shape index (κ1) is 23.6. The summed E-state index contributed by atoms with van der Waals surface area (Å²) in [5.41, 5.74) is 10.5. The average molecular weight is 478 g/mol. The highest BCUT2D eigenvalue weighted by molar-refractivity contribution is 5.79. The second kappa shape index (κ2) is 8.50. The number of hydrogen-bond donors (Lipinski definition) is 1. The molecule has 0 saturated carbocycles. The standard InChI is InChI=1S/C27H35N5O3/c1-17-5-7-20-23(17)24(30-16-29-20)32-15-27(19-13-18(14-22(28)33)6-8-21(19)32)9-11-31(12-10-27)25(34)35-26(2,3)4/h6,8,13,16-17H,5,7,9-12,14-15H2,1-4H3,(H2,28,33). The quantitative estimate of drug-likeness (QED) is 0.718. The number of amides is 2. The van der Waals surface area contributed by atoms with Crippen LogP contribution in [0, 0.1) is 0 Å². The maximum atomic E-state index is 12.7. The van der Waals surface area contributed by atoms with Gasteiger partial charge in [0.15, 0.2) is 0 Å². The lowest BCUT2D eigenvalue weighted by atomic mass is 9.74. The number of carbonyl (C=O) groups excluding carboxylic acids is 2. The highest BCUT2D eigenvalue weighted by atomic mass is 16.6. The van der Waals surface area contributed by atoms with E-state index in [1.54, 1.807) is 6.33 Å². The number of likely N-dealkylation sites (tertiary alicyclic amines) is 1. The van der Waals surface area contributed by atoms with Crippen LogP contribution in [0.1, 0.15) is 75.3 Å². The molecular formula is C27H35N5O3. The van der Waals surface area contributed by atoms with Crippen LogP contribution in [0.4, 0.5) is 16.3 Å². The van der Waals surface area contributed by atoms with Gasteiger partial charge in [-0.2, -0.15) is 0 Å². The Balaban J connectivity index is 1.50. The second-order valence-electron chi connectivity index (χ2n) is 11.3. The monoisotopic (exact) mass is 477 g/mol. The average Bonchev–Trinajstić information content (AvgIpc) is 3.31. The number of aryl methyl sites for hydroxylation is 1. The van der Waals surface area contributed by atoms with E-state index in [2.05, 4.69) is 28.9 Å². The van der Waals surface area contributed by atoms with E-state index >= 15 is 0 Å². The van der Waals surface area contributed by atoms with Crippen molar-refractivity contribution in [2.24, 2.45) is 5.73 Å². The van der Waals surface area contributed by atoms with Gasteiger partial charge in [-0.1, -0.05) is 19.1 Å². The van der Waals surface area contributed by atoms with Crippen LogP contribution in [0.15, 0.2) is 24.5 Å². The molecule has 2 aromatic rings. The summed E-state index contributed by atoms with van der Waals surface area (Å²) in [6, 6.07) is 6.25. The largest absolute Gasteiger partial charge is 0.444 e. The number of piperidine rings is 1. The molecule has 5 rings (SSSR count). The van der Waals surface area contributed by atoms with Crippen molar-refractivity contribution in [2.75, 3.05) is 24.5 Å². The minimum atomic E-state index is -0.517. The first-order chi connectivity index (χ1) is 16.6. The van der Waals surface area contributed by atoms with Crippen molar-refractivity contribution in [3.8, 4) is 0 Å². The Labute approximate surface area is 206 Å². The molecule has 1 aromatic carbocycles. The van der Waals surface area contributed by atoms with E-state index in [0.717, 1.165) is 55.0 Å². The first-order valence-electron chi connectivity index (χ1n) is 12.6. The maximum Gasteiger partial charge on any atom is 0.410 e. The van der Waals surface area contributed by atoms with Crippen molar-refractivity contribution >= 4 is 23.5 Å². The topological polar surface area (TPSA) is 102 Å². The van der Waals surface area contributed by atoms with Crippen LogP contribution in [-0.4, -0.2) is 52.1 Å². The van der Waals surface area contributed by atoms with Gasteiger partial charge in [0.05, 0.1) is 6.42 Å². The van der Waals surface area contributed by atoms with Gasteiger partial charge in [-0.05, 0) is 69.6 Å². The zero-order chi connectivity index (χ0) is 25.0. The van der Waals surface area contributed by atoms with Crippen molar-refractivity contribution in [1.29, 1.82) is 0 Å². The molecule has 8 heteroatoms. The van der Waals surface area contributed by atoms with Crippen LogP contribution in [-0.2, 0) is 27.8 Å². The van der Waals surface area contributed by atoms with Gasteiger partial charge in [-0.15, -0.1) is 0 Å². The number of rotatable bonds is 3. The van der Waals surface area contributed by atoms with E-state index in [1.807, 2.05) is 31.7 Å². The lowest BCUT2D eigenvalue weighted by molar-refractivity contribution is -0.117. The summed E-state index contributed by atoms with van der Waals surface area (Å²) < 4.78 is 5.62. The van der Waals surface area contributed by atoms with Crippen LogP contribution in [0.3, 0.4) is 0 Å². The van der Waals surface area contributed by atoms with Crippen LogP contribution >= 0.6 is 0 Å². The van der Waals surface area contributed by atoms with Gasteiger partial charge in [-0.25, -0.2) is 14.8 Å². The Kier molecular flexibility index (Phi) is 5.73. The van der Waals surface area contributed by atoms with Gasteiger partial charge < -0.3 is 20.3 Å². The maximum absolute atomic E-state index is 12.7. The summed E-state index contributed by atoms with van der Waals surface area (Å²) in [5, 5.41) is 0. The highest BCUT2D eigenvalue weighted by Crippen LogP contribution is 2.51. The SMILES string of the molecule is CC1CCc2ncnc(N3CC4(CCN(C(=O)OC(C)(C)C)CC4)c4cc(CC(N)=O)ccc43)c21. The van der Waals surface area contributed by atoms with Crippen molar-refractivity contribution in [1.82, 2.24) is 14.9 Å². The van der Waals surface area contributed by atoms with Crippen LogP contribution in [0.25, 0.3) is 0 Å². The molecule has 0 bridgehead atoms. The number of ether oxygens (including phenoxy) is 1. The Morgan fingerprint density at radius 1 is 1.20 bits per heavy atom. The second-order valence-corrected chi connectivity index (χ2v) is 11.3. The number of fused-ring (bicyclic) bond motifs is 3. The molecule has 35 heavy (non-hydrogen) atoms. The van der Waals surface area contributed by atoms with Gasteiger partial charge in [0.25, 0.3) is 0 Å². The fraction of sp³-hybridized carbons (Fsp3) is 0.556. The third-order valence-corrected chi connectivity index (χ3v) is 7.64. The summed E-state index contributed by atoms with van der Waals surface area (Å²) >= 11 is 0. The first-order valence-corrected chi connectivity index (χ1v) is 12.6. The van der Waals surface area contributed by atoms with Gasteiger partial charge in [0.1, 0.15) is 17.7 Å². The molecule has 1 aliphatic carbocycles. The summed E-state index contributed by atoms with van der Waals surface area (Å²) in [6.07, 6.45) is 5.36. The summed E-state index contributed by atoms with van der Waals surface area (Å²) in [6.45, 7) is 9.97. The number of nitrogens with two attached hydrogens (primary N) is 1. The van der Waals surface area contributed by atoms with E-state index in [4.69, 9.17) is 15.5 Å². The van der Waals surface area contributed by atoms with Crippen molar-refractivity contribution in [3.63, 3.8) is 0 Å². The molecule has 0 radical (unpaired) electrons. The number of hydrogen-bond acceptors (Lipinski definition) is 6. The van der Waals surface area contributed by atoms with Crippen molar-refractivity contribution < 1.29 is 14.3 Å². The molecule has 1 fully saturated rings. The number of primary amides is 1. The van der Waals surface area contributed by atoms with Crippen LogP contribution in [0.2, 0.25) is 0 Å². The predicted octanol–water partition coefficient (Wildman–Crippen LogP) is 3.97.